The Labute approximate surface area is 217 Å². The SMILES string of the molecule is CCN(C[C@@H]1CC(Nc2nc(NCC(F)(F)F)nc(C)c2-c2nc3ccccc3s2)C[C@@H]1O)S(C)(=O)=O. The van der Waals surface area contributed by atoms with Crippen LogP contribution in [-0.4, -0.2) is 77.0 Å². The molecule has 1 saturated carbocycles. The van der Waals surface area contributed by atoms with Gasteiger partial charge in [-0.25, -0.2) is 22.7 Å². The fourth-order valence-corrected chi connectivity index (χ4v) is 6.54. The number of aryl methyl sites for hydroxylation is 1. The molecule has 4 rings (SSSR count). The van der Waals surface area contributed by atoms with E-state index in [9.17, 15) is 26.7 Å². The van der Waals surface area contributed by atoms with Crippen molar-refractivity contribution in [2.75, 3.05) is 36.5 Å². The Hall–Kier alpha value is -2.55. The molecule has 1 fully saturated rings. The molecule has 0 amide bonds. The summed E-state index contributed by atoms with van der Waals surface area (Å²) in [4.78, 5) is 13.3. The van der Waals surface area contributed by atoms with Crippen LogP contribution in [0.25, 0.3) is 20.8 Å². The number of sulfonamides is 1. The standard InChI is InChI=1S/C23H29F3N6O3S2/c1-4-32(37(3,34)35)11-14-9-15(10-17(14)33)29-20-19(21-30-16-7-5-6-8-18(16)36-21)13(2)28-22(31-20)27-12-23(24,25)26/h5-8,14-15,17,33H,4,9-12H2,1-3H3,(H2,27,28,29,31)/t14-,15?,17-/m0/s1. The molecule has 0 saturated heterocycles. The van der Waals surface area contributed by atoms with Crippen molar-refractivity contribution in [1.29, 1.82) is 0 Å². The van der Waals surface area contributed by atoms with Crippen LogP contribution in [0.3, 0.4) is 0 Å². The number of aliphatic hydroxyl groups is 1. The van der Waals surface area contributed by atoms with Gasteiger partial charge in [-0.15, -0.1) is 11.3 Å². The average molecular weight is 559 g/mol. The molecule has 3 N–H and O–H groups in total. The molecule has 3 atom stereocenters. The van der Waals surface area contributed by atoms with Gasteiger partial charge in [-0.1, -0.05) is 19.1 Å². The summed E-state index contributed by atoms with van der Waals surface area (Å²) in [5, 5.41) is 16.8. The molecule has 1 aliphatic carbocycles. The van der Waals surface area contributed by atoms with Crippen molar-refractivity contribution in [2.24, 2.45) is 5.92 Å². The van der Waals surface area contributed by atoms with Gasteiger partial charge in [0.1, 0.15) is 17.4 Å². The minimum Gasteiger partial charge on any atom is -0.393 e. The molecule has 0 spiro atoms. The van der Waals surface area contributed by atoms with Crippen molar-refractivity contribution in [3.63, 3.8) is 0 Å². The maximum atomic E-state index is 12.8. The third kappa shape index (κ3) is 6.67. The number of benzene rings is 1. The number of nitrogens with zero attached hydrogens (tertiary/aromatic N) is 4. The molecule has 14 heteroatoms. The van der Waals surface area contributed by atoms with Crippen LogP contribution in [-0.2, 0) is 10.0 Å². The monoisotopic (exact) mass is 558 g/mol. The number of halogens is 3. The summed E-state index contributed by atoms with van der Waals surface area (Å²) in [5.41, 5.74) is 1.80. The van der Waals surface area contributed by atoms with Crippen molar-refractivity contribution >= 4 is 43.3 Å². The van der Waals surface area contributed by atoms with Crippen molar-refractivity contribution in [1.82, 2.24) is 19.3 Å². The number of aromatic nitrogens is 3. The zero-order valence-corrected chi connectivity index (χ0v) is 22.2. The lowest BCUT2D eigenvalue weighted by Gasteiger charge is -2.23. The molecule has 3 aromatic rings. The van der Waals surface area contributed by atoms with Crippen molar-refractivity contribution in [3.05, 3.63) is 30.0 Å². The van der Waals surface area contributed by atoms with Gasteiger partial charge < -0.3 is 15.7 Å². The molecule has 37 heavy (non-hydrogen) atoms. The van der Waals surface area contributed by atoms with Gasteiger partial charge in [0.2, 0.25) is 16.0 Å². The molecule has 9 nitrogen and oxygen atoms in total. The normalized spacial score (nSPS) is 20.6. The lowest BCUT2D eigenvalue weighted by molar-refractivity contribution is -0.115. The number of anilines is 2. The van der Waals surface area contributed by atoms with E-state index in [1.54, 1.807) is 13.8 Å². The van der Waals surface area contributed by atoms with E-state index in [1.165, 1.54) is 15.6 Å². The van der Waals surface area contributed by atoms with E-state index in [1.807, 2.05) is 24.3 Å². The van der Waals surface area contributed by atoms with E-state index in [2.05, 4.69) is 25.6 Å². The van der Waals surface area contributed by atoms with E-state index in [0.717, 1.165) is 16.5 Å². The van der Waals surface area contributed by atoms with Crippen molar-refractivity contribution < 1.29 is 26.7 Å². The highest BCUT2D eigenvalue weighted by molar-refractivity contribution is 7.88. The maximum Gasteiger partial charge on any atom is 0.405 e. The van der Waals surface area contributed by atoms with Crippen LogP contribution in [0.2, 0.25) is 0 Å². The number of alkyl halides is 3. The van der Waals surface area contributed by atoms with E-state index in [-0.39, 0.29) is 24.5 Å². The first kappa shape index (κ1) is 27.5. The highest BCUT2D eigenvalue weighted by Crippen LogP contribution is 2.38. The topological polar surface area (TPSA) is 120 Å². The molecule has 1 aliphatic rings. The average Bonchev–Trinajstić information content (AvgIpc) is 3.37. The summed E-state index contributed by atoms with van der Waals surface area (Å²) in [6.07, 6.45) is -3.26. The Balaban J connectivity index is 1.64. The Morgan fingerprint density at radius 2 is 1.92 bits per heavy atom. The van der Waals surface area contributed by atoms with Gasteiger partial charge in [-0.05, 0) is 31.9 Å². The molecular formula is C23H29F3N6O3S2. The summed E-state index contributed by atoms with van der Waals surface area (Å²) in [6.45, 7) is 2.61. The van der Waals surface area contributed by atoms with Gasteiger partial charge in [-0.2, -0.15) is 18.2 Å². The Morgan fingerprint density at radius 1 is 1.19 bits per heavy atom. The van der Waals surface area contributed by atoms with Gasteiger partial charge in [0.25, 0.3) is 0 Å². The second kappa shape index (κ2) is 10.7. The number of rotatable bonds is 9. The van der Waals surface area contributed by atoms with Gasteiger partial charge in [0.05, 0.1) is 33.8 Å². The van der Waals surface area contributed by atoms with Crippen LogP contribution in [0.1, 0.15) is 25.5 Å². The molecular weight excluding hydrogens is 529 g/mol. The summed E-state index contributed by atoms with van der Waals surface area (Å²) >= 11 is 1.42. The van der Waals surface area contributed by atoms with Gasteiger partial charge >= 0.3 is 6.18 Å². The Kier molecular flexibility index (Phi) is 7.93. The highest BCUT2D eigenvalue weighted by atomic mass is 32.2. The van der Waals surface area contributed by atoms with Crippen LogP contribution in [0.5, 0.6) is 0 Å². The lowest BCUT2D eigenvalue weighted by atomic mass is 10.1. The third-order valence-electron chi connectivity index (χ3n) is 6.30. The van der Waals surface area contributed by atoms with E-state index in [0.29, 0.717) is 41.5 Å². The van der Waals surface area contributed by atoms with E-state index in [4.69, 9.17) is 0 Å². The second-order valence-corrected chi connectivity index (χ2v) is 12.2. The van der Waals surface area contributed by atoms with Crippen LogP contribution >= 0.6 is 11.3 Å². The number of nitrogens with one attached hydrogen (secondary N) is 2. The number of hydrogen-bond donors (Lipinski definition) is 3. The molecule has 202 valence electrons. The quantitative estimate of drug-likeness (QED) is 0.362. The lowest BCUT2D eigenvalue weighted by Crippen LogP contribution is -2.36. The molecule has 1 aromatic carbocycles. The van der Waals surface area contributed by atoms with Crippen LogP contribution in [0.4, 0.5) is 24.9 Å². The van der Waals surface area contributed by atoms with Crippen LogP contribution < -0.4 is 10.6 Å². The number of hydrogen-bond acceptors (Lipinski definition) is 9. The van der Waals surface area contributed by atoms with Gasteiger partial charge in [-0.3, -0.25) is 0 Å². The smallest absolute Gasteiger partial charge is 0.393 e. The third-order valence-corrected chi connectivity index (χ3v) is 8.70. The highest BCUT2D eigenvalue weighted by Gasteiger charge is 2.36. The van der Waals surface area contributed by atoms with E-state index < -0.39 is 28.8 Å². The predicted octanol–water partition coefficient (Wildman–Crippen LogP) is 3.87. The van der Waals surface area contributed by atoms with Gasteiger partial charge in [0, 0.05) is 25.0 Å². The Bertz CT molecular complexity index is 1330. The number of thiazole rings is 1. The predicted molar refractivity (Wildman–Crippen MR) is 138 cm³/mol. The fourth-order valence-electron chi connectivity index (χ4n) is 4.54. The molecule has 0 aliphatic heterocycles. The summed E-state index contributed by atoms with van der Waals surface area (Å²) in [6, 6.07) is 7.29. The fraction of sp³-hybridized carbons (Fsp3) is 0.522. The zero-order chi connectivity index (χ0) is 27.0. The Morgan fingerprint density at radius 3 is 2.57 bits per heavy atom. The van der Waals surface area contributed by atoms with Crippen molar-refractivity contribution in [3.8, 4) is 10.6 Å². The number of fused-ring (bicyclic) bond motifs is 1. The first-order chi connectivity index (χ1) is 17.3. The zero-order valence-electron chi connectivity index (χ0n) is 20.6. The molecule has 1 unspecified atom stereocenters. The molecule has 2 aromatic heterocycles. The molecule has 0 radical (unpaired) electrons. The minimum atomic E-state index is -4.44. The summed E-state index contributed by atoms with van der Waals surface area (Å²) < 4.78 is 64.8. The molecule has 0 bridgehead atoms. The second-order valence-electron chi connectivity index (χ2n) is 9.17. The van der Waals surface area contributed by atoms with Gasteiger partial charge in [0.15, 0.2) is 0 Å². The first-order valence-electron chi connectivity index (χ1n) is 11.8. The largest absolute Gasteiger partial charge is 0.405 e. The first-order valence-corrected chi connectivity index (χ1v) is 14.5. The van der Waals surface area contributed by atoms with E-state index >= 15 is 0 Å². The number of aliphatic hydroxyl groups excluding tert-OH is 1. The molecule has 2 heterocycles. The number of para-hydroxylation sites is 1. The van der Waals surface area contributed by atoms with Crippen molar-refractivity contribution in [2.45, 2.75) is 45.0 Å². The minimum absolute atomic E-state index is 0.175. The summed E-state index contributed by atoms with van der Waals surface area (Å²) in [7, 11) is -3.41. The van der Waals surface area contributed by atoms with Crippen LogP contribution in [0.15, 0.2) is 24.3 Å². The van der Waals surface area contributed by atoms with Crippen LogP contribution in [0, 0.1) is 12.8 Å². The maximum absolute atomic E-state index is 12.8. The summed E-state index contributed by atoms with van der Waals surface area (Å²) in [5.74, 6) is -0.167.